The highest BCUT2D eigenvalue weighted by Gasteiger charge is 2.54. The third-order valence-electron chi connectivity index (χ3n) is 4.97. The Morgan fingerprint density at radius 2 is 2.00 bits per heavy atom. The minimum absolute atomic E-state index is 0.00468. The summed E-state index contributed by atoms with van der Waals surface area (Å²) in [7, 11) is 0. The molecule has 0 saturated heterocycles. The van der Waals surface area contributed by atoms with Crippen LogP contribution in [0.4, 0.5) is 0 Å². The van der Waals surface area contributed by atoms with Gasteiger partial charge in [-0.2, -0.15) is 15.8 Å². The third-order valence-corrected chi connectivity index (χ3v) is 4.97. The van der Waals surface area contributed by atoms with Gasteiger partial charge in [0.1, 0.15) is 6.07 Å². The minimum Gasteiger partial charge on any atom is -0.399 e. The van der Waals surface area contributed by atoms with E-state index in [9.17, 15) is 15.8 Å². The third kappa shape index (κ3) is 2.08. The number of likely N-dealkylation sites (N-methyl/N-ethyl adjacent to an activating group) is 1. The van der Waals surface area contributed by atoms with E-state index in [4.69, 9.17) is 5.73 Å². The monoisotopic (exact) mass is 295 g/mol. The van der Waals surface area contributed by atoms with Gasteiger partial charge in [-0.3, -0.25) is 4.90 Å². The fourth-order valence-corrected chi connectivity index (χ4v) is 3.90. The van der Waals surface area contributed by atoms with E-state index in [-0.39, 0.29) is 23.5 Å². The Balaban J connectivity index is 2.73. The smallest absolute Gasteiger partial charge is 0.187 e. The molecule has 5 nitrogen and oxygen atoms in total. The molecule has 1 aliphatic heterocycles. The average Bonchev–Trinajstić information content (AvgIpc) is 2.53. The van der Waals surface area contributed by atoms with Gasteiger partial charge >= 0.3 is 0 Å². The van der Waals surface area contributed by atoms with Gasteiger partial charge in [0.25, 0.3) is 0 Å². The molecule has 0 fully saturated rings. The summed E-state index contributed by atoms with van der Waals surface area (Å²) in [6.45, 7) is 8.55. The van der Waals surface area contributed by atoms with Crippen LogP contribution in [-0.2, 0) is 0 Å². The van der Waals surface area contributed by atoms with Crippen LogP contribution in [0.1, 0.15) is 20.8 Å². The molecule has 2 N–H and O–H groups in total. The first kappa shape index (κ1) is 16.1. The first-order chi connectivity index (χ1) is 10.5. The molecule has 5 heteroatoms. The van der Waals surface area contributed by atoms with Crippen LogP contribution in [0.15, 0.2) is 22.9 Å². The van der Waals surface area contributed by atoms with Crippen LogP contribution in [0.3, 0.4) is 0 Å². The number of hydrogen-bond acceptors (Lipinski definition) is 5. The number of nitrogens with zero attached hydrogens (tertiary/aromatic N) is 4. The van der Waals surface area contributed by atoms with Crippen LogP contribution in [0.5, 0.6) is 0 Å². The van der Waals surface area contributed by atoms with E-state index in [2.05, 4.69) is 30.0 Å². The first-order valence-electron chi connectivity index (χ1n) is 7.62. The Hall–Kier alpha value is -2.29. The Bertz CT molecular complexity index is 636. The summed E-state index contributed by atoms with van der Waals surface area (Å²) in [4.78, 5) is 2.26. The number of hydrogen-bond donors (Lipinski definition) is 1. The second-order valence-electron chi connectivity index (χ2n) is 6.32. The van der Waals surface area contributed by atoms with Crippen molar-refractivity contribution < 1.29 is 0 Å². The minimum atomic E-state index is -1.42. The Kier molecular flexibility index (Phi) is 4.27. The summed E-state index contributed by atoms with van der Waals surface area (Å²) in [5, 5.41) is 29.0. The Morgan fingerprint density at radius 1 is 1.36 bits per heavy atom. The van der Waals surface area contributed by atoms with E-state index < -0.39 is 5.41 Å². The first-order valence-corrected chi connectivity index (χ1v) is 7.62. The van der Waals surface area contributed by atoms with Gasteiger partial charge in [0.05, 0.1) is 23.4 Å². The molecule has 22 heavy (non-hydrogen) atoms. The van der Waals surface area contributed by atoms with Crippen molar-refractivity contribution in [3.05, 3.63) is 22.9 Å². The number of nitriles is 3. The van der Waals surface area contributed by atoms with E-state index in [1.165, 1.54) is 0 Å². The predicted octanol–water partition coefficient (Wildman–Crippen LogP) is 1.92. The predicted molar refractivity (Wildman–Crippen MR) is 82.5 cm³/mol. The van der Waals surface area contributed by atoms with Gasteiger partial charge in [-0.15, -0.1) is 0 Å². The average molecular weight is 295 g/mol. The van der Waals surface area contributed by atoms with Crippen LogP contribution in [0.2, 0.25) is 0 Å². The van der Waals surface area contributed by atoms with Crippen molar-refractivity contribution in [2.75, 3.05) is 19.6 Å². The second-order valence-corrected chi connectivity index (χ2v) is 6.32. The highest BCUT2D eigenvalue weighted by molar-refractivity contribution is 5.56. The molecule has 0 spiro atoms. The maximum Gasteiger partial charge on any atom is 0.187 e. The Morgan fingerprint density at radius 3 is 2.45 bits per heavy atom. The van der Waals surface area contributed by atoms with Crippen LogP contribution >= 0.6 is 0 Å². The van der Waals surface area contributed by atoms with Gasteiger partial charge in [-0.05, 0) is 18.0 Å². The lowest BCUT2D eigenvalue weighted by molar-refractivity contribution is 0.133. The van der Waals surface area contributed by atoms with E-state index >= 15 is 0 Å². The van der Waals surface area contributed by atoms with E-state index in [1.807, 2.05) is 19.9 Å². The Labute approximate surface area is 131 Å². The lowest BCUT2D eigenvalue weighted by Gasteiger charge is -2.47. The molecule has 0 radical (unpaired) electrons. The normalized spacial score (nSPS) is 27.4. The summed E-state index contributed by atoms with van der Waals surface area (Å²) in [6.07, 6.45) is 2.04. The van der Waals surface area contributed by atoms with Gasteiger partial charge in [-0.25, -0.2) is 0 Å². The summed E-state index contributed by atoms with van der Waals surface area (Å²) in [5.41, 5.74) is 6.12. The molecule has 0 bridgehead atoms. The van der Waals surface area contributed by atoms with Gasteiger partial charge in [0.15, 0.2) is 5.41 Å². The molecule has 2 unspecified atom stereocenters. The summed E-state index contributed by atoms with van der Waals surface area (Å²) in [5.74, 6) is -0.0987. The molecule has 2 aliphatic rings. The molecule has 1 heterocycles. The zero-order valence-electron chi connectivity index (χ0n) is 13.3. The standard InChI is InChI=1S/C17H21N5/c1-4-22-6-5-12-13(7-18)16(21)17(9-19,10-20)15(11(2)3)14(12)8-22/h5,11,14-15H,4,6,8,21H2,1-3H3. The summed E-state index contributed by atoms with van der Waals surface area (Å²) >= 11 is 0. The molecule has 0 saturated carbocycles. The van der Waals surface area contributed by atoms with Crippen molar-refractivity contribution in [2.24, 2.45) is 28.9 Å². The lowest BCUT2D eigenvalue weighted by Crippen LogP contribution is -2.50. The van der Waals surface area contributed by atoms with Crippen LogP contribution in [0, 0.1) is 57.2 Å². The molecule has 0 aromatic heterocycles. The summed E-state index contributed by atoms with van der Waals surface area (Å²) < 4.78 is 0. The van der Waals surface area contributed by atoms with Gasteiger partial charge in [0.2, 0.25) is 0 Å². The van der Waals surface area contributed by atoms with Crippen LogP contribution in [-0.4, -0.2) is 24.5 Å². The fraction of sp³-hybridized carbons (Fsp3) is 0.588. The lowest BCUT2D eigenvalue weighted by atomic mass is 9.57. The molecular formula is C17H21N5. The van der Waals surface area contributed by atoms with Crippen molar-refractivity contribution in [3.8, 4) is 18.2 Å². The highest BCUT2D eigenvalue weighted by atomic mass is 15.1. The van der Waals surface area contributed by atoms with Crippen LogP contribution in [0.25, 0.3) is 0 Å². The molecule has 0 aromatic carbocycles. The number of fused-ring (bicyclic) bond motifs is 1. The number of nitrogens with two attached hydrogens (primary N) is 1. The topological polar surface area (TPSA) is 101 Å². The van der Waals surface area contributed by atoms with Crippen molar-refractivity contribution in [2.45, 2.75) is 20.8 Å². The van der Waals surface area contributed by atoms with Gasteiger partial charge < -0.3 is 5.73 Å². The molecular weight excluding hydrogens is 274 g/mol. The molecule has 0 aromatic rings. The maximum absolute atomic E-state index is 9.73. The molecule has 2 atom stereocenters. The van der Waals surface area contributed by atoms with Gasteiger partial charge in [0, 0.05) is 24.9 Å². The zero-order chi connectivity index (χ0) is 16.5. The van der Waals surface area contributed by atoms with Gasteiger partial charge in [-0.1, -0.05) is 26.8 Å². The molecule has 2 rings (SSSR count). The molecule has 114 valence electrons. The molecule has 1 aliphatic carbocycles. The van der Waals surface area contributed by atoms with E-state index in [1.54, 1.807) is 0 Å². The van der Waals surface area contributed by atoms with E-state index in [0.29, 0.717) is 5.57 Å². The van der Waals surface area contributed by atoms with Crippen molar-refractivity contribution in [1.82, 2.24) is 4.90 Å². The quantitative estimate of drug-likeness (QED) is 0.838. The second kappa shape index (κ2) is 5.84. The maximum atomic E-state index is 9.73. The van der Waals surface area contributed by atoms with E-state index in [0.717, 1.165) is 25.2 Å². The number of rotatable bonds is 2. The number of allylic oxidation sites excluding steroid dienone is 2. The van der Waals surface area contributed by atoms with Crippen molar-refractivity contribution >= 4 is 0 Å². The summed E-state index contributed by atoms with van der Waals surface area (Å²) in [6, 6.07) is 6.41. The fourth-order valence-electron chi connectivity index (χ4n) is 3.90. The zero-order valence-corrected chi connectivity index (χ0v) is 13.3. The van der Waals surface area contributed by atoms with Crippen molar-refractivity contribution in [1.29, 1.82) is 15.8 Å². The largest absolute Gasteiger partial charge is 0.399 e. The molecule has 0 amide bonds. The van der Waals surface area contributed by atoms with Crippen LogP contribution < -0.4 is 5.73 Å². The van der Waals surface area contributed by atoms with Crippen molar-refractivity contribution in [3.63, 3.8) is 0 Å². The highest BCUT2D eigenvalue weighted by Crippen LogP contribution is 2.51. The SMILES string of the molecule is CCN1CC=C2C(C#N)=C(N)C(C#N)(C#N)C(C(C)C)C2C1.